The van der Waals surface area contributed by atoms with Gasteiger partial charge in [-0.25, -0.2) is 0 Å². The van der Waals surface area contributed by atoms with E-state index in [0.29, 0.717) is 0 Å². The molecule has 2 amide bonds. The Morgan fingerprint density at radius 1 is 1.25 bits per heavy atom. The van der Waals surface area contributed by atoms with E-state index in [1.165, 1.54) is 4.90 Å². The Balaban J connectivity index is 1.91. The molecule has 0 aromatic heterocycles. The highest BCUT2D eigenvalue weighted by Gasteiger charge is 2.74. The molecule has 2 saturated carbocycles. The molecule has 0 spiro atoms. The topological polar surface area (TPSA) is 57.6 Å². The van der Waals surface area contributed by atoms with Gasteiger partial charge in [0.05, 0.1) is 24.0 Å². The molecule has 3 fully saturated rings. The fourth-order valence-corrected chi connectivity index (χ4v) is 3.45. The molecule has 1 N–H and O–H groups in total. The average Bonchev–Trinajstić information content (AvgIpc) is 2.61. The van der Waals surface area contributed by atoms with E-state index >= 15 is 0 Å². The van der Waals surface area contributed by atoms with Crippen LogP contribution in [0.25, 0.3) is 0 Å². The molecule has 3 aliphatic rings. The molecular formula is C12H17NO3. The Morgan fingerprint density at radius 2 is 1.75 bits per heavy atom. The van der Waals surface area contributed by atoms with Crippen molar-refractivity contribution in [3.63, 3.8) is 0 Å². The summed E-state index contributed by atoms with van der Waals surface area (Å²) in [6.07, 6.45) is 2.53. The second-order valence-electron chi connectivity index (χ2n) is 6.02. The lowest BCUT2D eigenvalue weighted by Crippen LogP contribution is -2.60. The second-order valence-corrected chi connectivity index (χ2v) is 6.02. The number of hydrogen-bond acceptors (Lipinski definition) is 3. The van der Waals surface area contributed by atoms with Gasteiger partial charge < -0.3 is 5.11 Å². The first-order valence-electron chi connectivity index (χ1n) is 5.94. The van der Waals surface area contributed by atoms with Crippen LogP contribution in [0, 0.1) is 17.3 Å². The molecule has 88 valence electrons. The molecule has 3 rings (SSSR count). The van der Waals surface area contributed by atoms with Gasteiger partial charge >= 0.3 is 0 Å². The van der Waals surface area contributed by atoms with E-state index in [-0.39, 0.29) is 35.7 Å². The summed E-state index contributed by atoms with van der Waals surface area (Å²) in [6.45, 7) is 3.87. The summed E-state index contributed by atoms with van der Waals surface area (Å²) in [5.41, 5.74) is -0.692. The molecule has 2 aliphatic carbocycles. The molecule has 1 heterocycles. The van der Waals surface area contributed by atoms with Crippen molar-refractivity contribution in [1.82, 2.24) is 4.90 Å². The van der Waals surface area contributed by atoms with Crippen molar-refractivity contribution in [2.45, 2.75) is 38.6 Å². The quantitative estimate of drug-likeness (QED) is 0.695. The van der Waals surface area contributed by atoms with Gasteiger partial charge in [-0.2, -0.15) is 0 Å². The highest BCUT2D eigenvalue weighted by molar-refractivity contribution is 6.11. The molecule has 0 aromatic carbocycles. The maximum absolute atomic E-state index is 12.2. The van der Waals surface area contributed by atoms with E-state index in [2.05, 4.69) is 0 Å². The van der Waals surface area contributed by atoms with Crippen molar-refractivity contribution in [2.75, 3.05) is 6.61 Å². The van der Waals surface area contributed by atoms with Crippen molar-refractivity contribution in [1.29, 1.82) is 0 Å². The SMILES string of the molecule is CC1(C)C2C(=O)N(C3(CO)CCC3)C(=O)C21. The van der Waals surface area contributed by atoms with Gasteiger partial charge in [0, 0.05) is 0 Å². The van der Waals surface area contributed by atoms with Crippen LogP contribution in [-0.4, -0.2) is 34.0 Å². The number of imide groups is 1. The van der Waals surface area contributed by atoms with Crippen molar-refractivity contribution >= 4 is 11.8 Å². The fraction of sp³-hybridized carbons (Fsp3) is 0.833. The molecule has 2 atom stereocenters. The molecule has 1 aliphatic heterocycles. The molecule has 0 aromatic rings. The number of amides is 2. The van der Waals surface area contributed by atoms with Crippen LogP contribution in [0.1, 0.15) is 33.1 Å². The van der Waals surface area contributed by atoms with Crippen LogP contribution in [0.5, 0.6) is 0 Å². The highest BCUT2D eigenvalue weighted by Crippen LogP contribution is 2.65. The number of nitrogens with zero attached hydrogens (tertiary/aromatic N) is 1. The summed E-state index contributed by atoms with van der Waals surface area (Å²) in [7, 11) is 0. The van der Waals surface area contributed by atoms with E-state index in [1.54, 1.807) is 0 Å². The molecule has 16 heavy (non-hydrogen) atoms. The number of aliphatic hydroxyl groups is 1. The predicted octanol–water partition coefficient (Wildman–Crippen LogP) is 0.542. The van der Waals surface area contributed by atoms with Crippen LogP contribution in [0.3, 0.4) is 0 Å². The summed E-state index contributed by atoms with van der Waals surface area (Å²) in [5.74, 6) is -0.337. The van der Waals surface area contributed by atoms with Crippen LogP contribution in [0.4, 0.5) is 0 Å². The first-order chi connectivity index (χ1) is 7.46. The number of rotatable bonds is 2. The lowest BCUT2D eigenvalue weighted by molar-refractivity contribution is -0.157. The van der Waals surface area contributed by atoms with Crippen molar-refractivity contribution in [3.8, 4) is 0 Å². The average molecular weight is 223 g/mol. The molecule has 4 heteroatoms. The van der Waals surface area contributed by atoms with E-state index in [0.717, 1.165) is 19.3 Å². The third-order valence-corrected chi connectivity index (χ3v) is 4.85. The molecular weight excluding hydrogens is 206 g/mol. The monoisotopic (exact) mass is 223 g/mol. The molecule has 0 radical (unpaired) electrons. The van der Waals surface area contributed by atoms with Crippen LogP contribution in [-0.2, 0) is 9.59 Å². The number of likely N-dealkylation sites (tertiary alicyclic amines) is 1. The zero-order valence-electron chi connectivity index (χ0n) is 9.69. The zero-order valence-corrected chi connectivity index (χ0v) is 9.69. The van der Waals surface area contributed by atoms with Crippen LogP contribution in [0.15, 0.2) is 0 Å². The summed E-state index contributed by atoms with van der Waals surface area (Å²) >= 11 is 0. The van der Waals surface area contributed by atoms with E-state index in [4.69, 9.17) is 0 Å². The molecule has 0 bridgehead atoms. The standard InChI is InChI=1S/C12H17NO3/c1-11(2)7-8(11)10(16)13(9(7)15)12(6-14)4-3-5-12/h7-8,14H,3-6H2,1-2H3. The Bertz CT molecular complexity index is 354. The lowest BCUT2D eigenvalue weighted by Gasteiger charge is -2.47. The van der Waals surface area contributed by atoms with Gasteiger partial charge in [0.25, 0.3) is 0 Å². The third kappa shape index (κ3) is 0.902. The molecule has 1 saturated heterocycles. The zero-order chi connectivity index (χ0) is 11.7. The maximum atomic E-state index is 12.2. The van der Waals surface area contributed by atoms with E-state index < -0.39 is 5.54 Å². The van der Waals surface area contributed by atoms with Gasteiger partial charge in [0.1, 0.15) is 0 Å². The van der Waals surface area contributed by atoms with Crippen LogP contribution >= 0.6 is 0 Å². The number of piperidine rings is 1. The normalized spacial score (nSPS) is 38.3. The minimum atomic E-state index is -0.544. The van der Waals surface area contributed by atoms with Gasteiger partial charge in [0.15, 0.2) is 0 Å². The predicted molar refractivity (Wildman–Crippen MR) is 56.3 cm³/mol. The molecule has 2 unspecified atom stereocenters. The number of carbonyl (C=O) groups is 2. The fourth-order valence-electron chi connectivity index (χ4n) is 3.45. The number of aliphatic hydroxyl groups excluding tert-OH is 1. The van der Waals surface area contributed by atoms with Crippen LogP contribution in [0.2, 0.25) is 0 Å². The van der Waals surface area contributed by atoms with Gasteiger partial charge in [-0.05, 0) is 24.7 Å². The third-order valence-electron chi connectivity index (χ3n) is 4.85. The molecule has 4 nitrogen and oxygen atoms in total. The van der Waals surface area contributed by atoms with E-state index in [1.807, 2.05) is 13.8 Å². The van der Waals surface area contributed by atoms with Crippen molar-refractivity contribution < 1.29 is 14.7 Å². The van der Waals surface area contributed by atoms with Gasteiger partial charge in [-0.15, -0.1) is 0 Å². The summed E-state index contributed by atoms with van der Waals surface area (Å²) in [5, 5.41) is 9.42. The van der Waals surface area contributed by atoms with Gasteiger partial charge in [0.2, 0.25) is 11.8 Å². The largest absolute Gasteiger partial charge is 0.394 e. The number of fused-ring (bicyclic) bond motifs is 1. The minimum absolute atomic E-state index is 0.0475. The first-order valence-corrected chi connectivity index (χ1v) is 5.94. The Kier molecular flexibility index (Phi) is 1.71. The van der Waals surface area contributed by atoms with Gasteiger partial charge in [-0.3, -0.25) is 14.5 Å². The van der Waals surface area contributed by atoms with Gasteiger partial charge in [-0.1, -0.05) is 13.8 Å². The first kappa shape index (κ1) is 10.3. The Labute approximate surface area is 94.6 Å². The highest BCUT2D eigenvalue weighted by atomic mass is 16.3. The van der Waals surface area contributed by atoms with E-state index in [9.17, 15) is 14.7 Å². The summed E-state index contributed by atoms with van der Waals surface area (Å²) < 4.78 is 0. The number of carbonyl (C=O) groups excluding carboxylic acids is 2. The van der Waals surface area contributed by atoms with Crippen molar-refractivity contribution in [2.24, 2.45) is 17.3 Å². The summed E-state index contributed by atoms with van der Waals surface area (Å²) in [4.78, 5) is 25.7. The minimum Gasteiger partial charge on any atom is -0.394 e. The smallest absolute Gasteiger partial charge is 0.234 e. The van der Waals surface area contributed by atoms with Crippen LogP contribution < -0.4 is 0 Å². The number of hydrogen-bond donors (Lipinski definition) is 1. The Hall–Kier alpha value is -0.900. The van der Waals surface area contributed by atoms with Crippen molar-refractivity contribution in [3.05, 3.63) is 0 Å². The lowest BCUT2D eigenvalue weighted by atomic mass is 9.75. The maximum Gasteiger partial charge on any atom is 0.234 e. The summed E-state index contributed by atoms with van der Waals surface area (Å²) in [6, 6.07) is 0. The second kappa shape index (κ2) is 2.67. The Morgan fingerprint density at radius 3 is 2.06 bits per heavy atom.